The van der Waals surface area contributed by atoms with E-state index in [9.17, 15) is 0 Å². The number of benzene rings is 2. The van der Waals surface area contributed by atoms with E-state index in [0.29, 0.717) is 22.7 Å². The molecule has 19 heavy (non-hydrogen) atoms. The van der Waals surface area contributed by atoms with Crippen molar-refractivity contribution in [1.82, 2.24) is 0 Å². The molecule has 2 rings (SSSR count). The monoisotopic (exact) mass is 254 g/mol. The van der Waals surface area contributed by atoms with Gasteiger partial charge in [-0.1, -0.05) is 12.1 Å². The van der Waals surface area contributed by atoms with Crippen LogP contribution in [-0.4, -0.2) is 14.2 Å². The van der Waals surface area contributed by atoms with E-state index in [-0.39, 0.29) is 0 Å². The first-order valence-electron chi connectivity index (χ1n) is 5.71. The summed E-state index contributed by atoms with van der Waals surface area (Å²) >= 11 is 0. The molecule has 0 aliphatic rings. The Morgan fingerprint density at radius 3 is 2.21 bits per heavy atom. The number of hydrogen-bond acceptors (Lipinski definition) is 4. The lowest BCUT2D eigenvalue weighted by molar-refractivity contribution is 0.355. The van der Waals surface area contributed by atoms with Gasteiger partial charge >= 0.3 is 0 Å². The van der Waals surface area contributed by atoms with Crippen LogP contribution < -0.4 is 15.2 Å². The number of rotatable bonds is 3. The first-order valence-corrected chi connectivity index (χ1v) is 5.71. The number of ether oxygens (including phenoxy) is 2. The quantitative estimate of drug-likeness (QED) is 0.855. The Morgan fingerprint density at radius 2 is 1.58 bits per heavy atom. The summed E-state index contributed by atoms with van der Waals surface area (Å²) in [6.07, 6.45) is 0. The van der Waals surface area contributed by atoms with Crippen molar-refractivity contribution < 1.29 is 9.47 Å². The molecule has 2 aromatic carbocycles. The molecule has 0 aliphatic heterocycles. The second-order valence-corrected chi connectivity index (χ2v) is 3.98. The number of methoxy groups -OCH3 is 2. The second-order valence-electron chi connectivity index (χ2n) is 3.98. The molecule has 2 aromatic rings. The van der Waals surface area contributed by atoms with Crippen molar-refractivity contribution in [2.24, 2.45) is 0 Å². The van der Waals surface area contributed by atoms with Crippen LogP contribution in [0.2, 0.25) is 0 Å². The molecule has 0 atom stereocenters. The highest BCUT2D eigenvalue weighted by Crippen LogP contribution is 2.33. The zero-order valence-electron chi connectivity index (χ0n) is 10.8. The zero-order valence-corrected chi connectivity index (χ0v) is 10.8. The average Bonchev–Trinajstić information content (AvgIpc) is 2.47. The van der Waals surface area contributed by atoms with Gasteiger partial charge < -0.3 is 15.2 Å². The van der Waals surface area contributed by atoms with Crippen molar-refractivity contribution in [2.75, 3.05) is 20.0 Å². The molecule has 0 unspecified atom stereocenters. The third kappa shape index (κ3) is 2.45. The minimum absolute atomic E-state index is 0.465. The predicted molar refractivity (Wildman–Crippen MR) is 74.1 cm³/mol. The third-order valence-corrected chi connectivity index (χ3v) is 2.89. The highest BCUT2D eigenvalue weighted by atomic mass is 16.5. The Labute approximate surface area is 112 Å². The smallest absolute Gasteiger partial charge is 0.161 e. The van der Waals surface area contributed by atoms with Crippen LogP contribution in [0.1, 0.15) is 5.56 Å². The molecule has 2 N–H and O–H groups in total. The Balaban J connectivity index is 2.50. The maximum Gasteiger partial charge on any atom is 0.161 e. The highest BCUT2D eigenvalue weighted by molar-refractivity contribution is 5.72. The lowest BCUT2D eigenvalue weighted by Crippen LogP contribution is -1.92. The SMILES string of the molecule is COc1ccc(-c2ccc(N)c(C#N)c2)cc1OC. The standard InChI is InChI=1S/C15H14N2O2/c1-18-14-6-4-11(8-15(14)19-2)10-3-5-13(17)12(7-10)9-16/h3-8H,17H2,1-2H3. The topological polar surface area (TPSA) is 68.3 Å². The van der Waals surface area contributed by atoms with Crippen molar-refractivity contribution in [3.8, 4) is 28.7 Å². The molecule has 96 valence electrons. The number of anilines is 1. The molecular formula is C15H14N2O2. The van der Waals surface area contributed by atoms with Gasteiger partial charge in [0, 0.05) is 5.69 Å². The van der Waals surface area contributed by atoms with E-state index < -0.39 is 0 Å². The van der Waals surface area contributed by atoms with Gasteiger partial charge in [0.1, 0.15) is 6.07 Å². The molecule has 0 amide bonds. The van der Waals surface area contributed by atoms with Crippen LogP contribution in [0.5, 0.6) is 11.5 Å². The van der Waals surface area contributed by atoms with Crippen LogP contribution in [0.4, 0.5) is 5.69 Å². The van der Waals surface area contributed by atoms with E-state index in [4.69, 9.17) is 20.5 Å². The van der Waals surface area contributed by atoms with E-state index in [0.717, 1.165) is 11.1 Å². The summed E-state index contributed by atoms with van der Waals surface area (Å²) < 4.78 is 10.5. The molecule has 0 heterocycles. The fourth-order valence-corrected chi connectivity index (χ4v) is 1.85. The molecule has 0 aliphatic carbocycles. The number of nitrogen functional groups attached to an aromatic ring is 1. The van der Waals surface area contributed by atoms with Gasteiger partial charge in [-0.15, -0.1) is 0 Å². The van der Waals surface area contributed by atoms with Crippen molar-refractivity contribution in [1.29, 1.82) is 5.26 Å². The number of nitriles is 1. The maximum atomic E-state index is 9.00. The van der Waals surface area contributed by atoms with E-state index in [1.807, 2.05) is 24.3 Å². The fraction of sp³-hybridized carbons (Fsp3) is 0.133. The van der Waals surface area contributed by atoms with E-state index in [1.165, 1.54) is 0 Å². The fourth-order valence-electron chi connectivity index (χ4n) is 1.85. The van der Waals surface area contributed by atoms with Crippen LogP contribution in [0, 0.1) is 11.3 Å². The Morgan fingerprint density at radius 1 is 0.947 bits per heavy atom. The highest BCUT2D eigenvalue weighted by Gasteiger charge is 2.07. The largest absolute Gasteiger partial charge is 0.493 e. The molecule has 0 radical (unpaired) electrons. The normalized spacial score (nSPS) is 9.74. The van der Waals surface area contributed by atoms with Crippen LogP contribution in [0.3, 0.4) is 0 Å². The van der Waals surface area contributed by atoms with Gasteiger partial charge in [0.2, 0.25) is 0 Å². The van der Waals surface area contributed by atoms with Crippen molar-refractivity contribution in [3.05, 3.63) is 42.0 Å². The van der Waals surface area contributed by atoms with Crippen molar-refractivity contribution in [2.45, 2.75) is 0 Å². The van der Waals surface area contributed by atoms with Gasteiger partial charge in [0.15, 0.2) is 11.5 Å². The summed E-state index contributed by atoms with van der Waals surface area (Å²) in [5, 5.41) is 9.00. The van der Waals surface area contributed by atoms with Gasteiger partial charge in [-0.05, 0) is 35.4 Å². The predicted octanol–water partition coefficient (Wildman–Crippen LogP) is 2.82. The molecule has 0 aromatic heterocycles. The zero-order chi connectivity index (χ0) is 13.8. The minimum Gasteiger partial charge on any atom is -0.493 e. The molecule has 0 spiro atoms. The van der Waals surface area contributed by atoms with Gasteiger partial charge in [-0.25, -0.2) is 0 Å². The van der Waals surface area contributed by atoms with Crippen LogP contribution in [0.25, 0.3) is 11.1 Å². The first kappa shape index (κ1) is 12.8. The van der Waals surface area contributed by atoms with Gasteiger partial charge in [0.05, 0.1) is 19.8 Å². The molecule has 0 saturated heterocycles. The molecule has 0 saturated carbocycles. The summed E-state index contributed by atoms with van der Waals surface area (Å²) in [7, 11) is 3.18. The number of nitrogens with zero attached hydrogens (tertiary/aromatic N) is 1. The van der Waals surface area contributed by atoms with Crippen LogP contribution >= 0.6 is 0 Å². The molecule has 0 bridgehead atoms. The summed E-state index contributed by atoms with van der Waals surface area (Å²) in [6.45, 7) is 0. The van der Waals surface area contributed by atoms with Crippen LogP contribution in [0.15, 0.2) is 36.4 Å². The van der Waals surface area contributed by atoms with E-state index >= 15 is 0 Å². The van der Waals surface area contributed by atoms with Gasteiger partial charge in [-0.2, -0.15) is 5.26 Å². The molecule has 4 heteroatoms. The molecule has 0 fully saturated rings. The summed E-state index contributed by atoms with van der Waals surface area (Å²) in [6, 6.07) is 13.0. The van der Waals surface area contributed by atoms with Gasteiger partial charge in [0.25, 0.3) is 0 Å². The summed E-state index contributed by atoms with van der Waals surface area (Å²) in [5.74, 6) is 1.32. The molecule has 4 nitrogen and oxygen atoms in total. The van der Waals surface area contributed by atoms with Crippen LogP contribution in [-0.2, 0) is 0 Å². The Kier molecular flexibility index (Phi) is 3.58. The first-order chi connectivity index (χ1) is 9.19. The number of hydrogen-bond donors (Lipinski definition) is 1. The van der Waals surface area contributed by atoms with Crippen molar-refractivity contribution in [3.63, 3.8) is 0 Å². The number of nitrogens with two attached hydrogens (primary N) is 1. The molecular weight excluding hydrogens is 240 g/mol. The summed E-state index contributed by atoms with van der Waals surface area (Å²) in [5.41, 5.74) is 8.50. The van der Waals surface area contributed by atoms with E-state index in [2.05, 4.69) is 6.07 Å². The third-order valence-electron chi connectivity index (χ3n) is 2.89. The average molecular weight is 254 g/mol. The lowest BCUT2D eigenvalue weighted by Gasteiger charge is -2.10. The Bertz CT molecular complexity index is 645. The van der Waals surface area contributed by atoms with E-state index in [1.54, 1.807) is 26.4 Å². The Hall–Kier alpha value is -2.67. The van der Waals surface area contributed by atoms with Crippen molar-refractivity contribution >= 4 is 5.69 Å². The second kappa shape index (κ2) is 5.32. The van der Waals surface area contributed by atoms with Gasteiger partial charge in [-0.3, -0.25) is 0 Å². The minimum atomic E-state index is 0.465. The summed E-state index contributed by atoms with van der Waals surface area (Å²) in [4.78, 5) is 0. The maximum absolute atomic E-state index is 9.00. The lowest BCUT2D eigenvalue weighted by atomic mass is 10.0.